The molecule has 0 fully saturated rings. The van der Waals surface area contributed by atoms with E-state index in [1.807, 2.05) is 0 Å². The molecular weight excluding hydrogens is 441 g/mol. The fourth-order valence-corrected chi connectivity index (χ4v) is 4.56. The molecule has 3 aromatic rings. The van der Waals surface area contributed by atoms with Crippen LogP contribution in [0.5, 0.6) is 0 Å². The predicted octanol–water partition coefficient (Wildman–Crippen LogP) is 5.91. The highest BCUT2D eigenvalue weighted by Crippen LogP contribution is 2.38. The topological polar surface area (TPSA) is 61.7 Å². The lowest BCUT2D eigenvalue weighted by molar-refractivity contribution is -0.192. The normalized spacial score (nSPS) is 19.4. The standard InChI is InChI=1S/C25H24N2.C2HF3O2/c1-3-9-19(10-4-1)24-25(20-11-5-2-6-12-20)27-23(26-24)17-18-15-21-13-7-8-14-22(21)16-18;3-2(4,5)1(6)7/h1-14,18,24-25H,15-17H2,(H,26,27);(H,6,7)/t24-,25+;. The maximum Gasteiger partial charge on any atom is 0.490 e. The Hall–Kier alpha value is -3.61. The molecule has 2 aliphatic rings. The molecule has 0 saturated carbocycles. The quantitative estimate of drug-likeness (QED) is 0.503. The van der Waals surface area contributed by atoms with E-state index in [1.165, 1.54) is 35.1 Å². The van der Waals surface area contributed by atoms with E-state index >= 15 is 0 Å². The molecule has 0 bridgehead atoms. The molecule has 5 rings (SSSR count). The predicted molar refractivity (Wildman–Crippen MR) is 125 cm³/mol. The van der Waals surface area contributed by atoms with Crippen LogP contribution in [0.1, 0.15) is 40.8 Å². The summed E-state index contributed by atoms with van der Waals surface area (Å²) in [6, 6.07) is 30.6. The molecule has 3 aromatic carbocycles. The summed E-state index contributed by atoms with van der Waals surface area (Å²) in [6.45, 7) is 0. The lowest BCUT2D eigenvalue weighted by atomic mass is 9.95. The number of benzene rings is 3. The average molecular weight is 467 g/mol. The molecule has 34 heavy (non-hydrogen) atoms. The number of aliphatic imine (C=N–C) groups is 1. The summed E-state index contributed by atoms with van der Waals surface area (Å²) in [5.41, 5.74) is 5.61. The van der Waals surface area contributed by atoms with Gasteiger partial charge < -0.3 is 10.4 Å². The first-order valence-corrected chi connectivity index (χ1v) is 11.1. The average Bonchev–Trinajstić information content (AvgIpc) is 3.44. The van der Waals surface area contributed by atoms with Gasteiger partial charge in [-0.1, -0.05) is 84.9 Å². The maximum atomic E-state index is 10.6. The van der Waals surface area contributed by atoms with Crippen molar-refractivity contribution in [3.8, 4) is 0 Å². The molecule has 1 heterocycles. The number of amidine groups is 1. The number of nitrogens with one attached hydrogen (secondary N) is 1. The Morgan fingerprint density at radius 2 is 1.32 bits per heavy atom. The third kappa shape index (κ3) is 5.65. The second kappa shape index (κ2) is 10.1. The van der Waals surface area contributed by atoms with Crippen LogP contribution in [0.3, 0.4) is 0 Å². The van der Waals surface area contributed by atoms with Gasteiger partial charge in [-0.25, -0.2) is 4.79 Å². The van der Waals surface area contributed by atoms with Crippen LogP contribution < -0.4 is 5.32 Å². The van der Waals surface area contributed by atoms with Crippen LogP contribution in [0.4, 0.5) is 13.2 Å². The second-order valence-corrected chi connectivity index (χ2v) is 8.51. The third-order valence-electron chi connectivity index (χ3n) is 6.09. The van der Waals surface area contributed by atoms with Gasteiger partial charge in [0.25, 0.3) is 0 Å². The van der Waals surface area contributed by atoms with Crippen molar-refractivity contribution in [2.75, 3.05) is 0 Å². The summed E-state index contributed by atoms with van der Waals surface area (Å²) >= 11 is 0. The van der Waals surface area contributed by atoms with Gasteiger partial charge in [0.1, 0.15) is 6.04 Å². The monoisotopic (exact) mass is 466 g/mol. The van der Waals surface area contributed by atoms with E-state index in [0.29, 0.717) is 5.92 Å². The highest BCUT2D eigenvalue weighted by Gasteiger charge is 2.38. The van der Waals surface area contributed by atoms with Crippen LogP contribution in [0.25, 0.3) is 0 Å². The van der Waals surface area contributed by atoms with Crippen molar-refractivity contribution in [2.45, 2.75) is 37.5 Å². The molecular formula is C27H25F3N2O2. The Labute approximate surface area is 196 Å². The molecule has 0 saturated heterocycles. The smallest absolute Gasteiger partial charge is 0.475 e. The minimum absolute atomic E-state index is 0.146. The Morgan fingerprint density at radius 3 is 1.82 bits per heavy atom. The Bertz CT molecular complexity index is 1120. The van der Waals surface area contributed by atoms with Crippen LogP contribution in [0.2, 0.25) is 0 Å². The summed E-state index contributed by atoms with van der Waals surface area (Å²) < 4.78 is 31.7. The van der Waals surface area contributed by atoms with Gasteiger partial charge in [0.05, 0.1) is 11.9 Å². The number of halogens is 3. The summed E-state index contributed by atoms with van der Waals surface area (Å²) in [6.07, 6.45) is -1.72. The zero-order valence-corrected chi connectivity index (χ0v) is 18.4. The Balaban J connectivity index is 0.000000344. The van der Waals surface area contributed by atoms with Crippen LogP contribution in [0.15, 0.2) is 89.9 Å². The van der Waals surface area contributed by atoms with Crippen molar-refractivity contribution in [3.05, 3.63) is 107 Å². The van der Waals surface area contributed by atoms with Gasteiger partial charge in [-0.2, -0.15) is 13.2 Å². The number of hydrogen-bond acceptors (Lipinski definition) is 3. The van der Waals surface area contributed by atoms with Crippen molar-refractivity contribution >= 4 is 11.8 Å². The molecule has 4 nitrogen and oxygen atoms in total. The van der Waals surface area contributed by atoms with Crippen molar-refractivity contribution in [1.82, 2.24) is 5.32 Å². The van der Waals surface area contributed by atoms with Crippen molar-refractivity contribution in [3.63, 3.8) is 0 Å². The van der Waals surface area contributed by atoms with E-state index in [9.17, 15) is 13.2 Å². The number of carbonyl (C=O) groups is 1. The molecule has 0 spiro atoms. The molecule has 7 heteroatoms. The van der Waals surface area contributed by atoms with Gasteiger partial charge in [0.2, 0.25) is 0 Å². The molecule has 0 radical (unpaired) electrons. The van der Waals surface area contributed by atoms with E-state index in [1.54, 1.807) is 0 Å². The van der Waals surface area contributed by atoms with E-state index in [0.717, 1.165) is 12.3 Å². The number of nitrogens with zero attached hydrogens (tertiary/aromatic N) is 1. The van der Waals surface area contributed by atoms with E-state index in [2.05, 4.69) is 90.2 Å². The highest BCUT2D eigenvalue weighted by molar-refractivity contribution is 5.85. The SMILES string of the molecule is O=C(O)C(F)(F)F.c1ccc([C@H]2NC(CC3Cc4ccccc4C3)=N[C@H]2c2ccccc2)cc1. The number of carboxylic acids is 1. The lowest BCUT2D eigenvalue weighted by Gasteiger charge is -2.20. The van der Waals surface area contributed by atoms with Gasteiger partial charge in [0.15, 0.2) is 0 Å². The summed E-state index contributed by atoms with van der Waals surface area (Å²) in [5, 5.41) is 10.9. The highest BCUT2D eigenvalue weighted by atomic mass is 19.4. The Kier molecular flexibility index (Phi) is 7.01. The van der Waals surface area contributed by atoms with E-state index in [-0.39, 0.29) is 12.1 Å². The maximum absolute atomic E-state index is 10.6. The summed E-state index contributed by atoms with van der Waals surface area (Å²) in [4.78, 5) is 14.0. The molecule has 176 valence electrons. The van der Waals surface area contributed by atoms with E-state index in [4.69, 9.17) is 14.9 Å². The van der Waals surface area contributed by atoms with Crippen molar-refractivity contribution < 1.29 is 23.1 Å². The zero-order chi connectivity index (χ0) is 24.1. The Morgan fingerprint density at radius 1 is 0.853 bits per heavy atom. The van der Waals surface area contributed by atoms with Crippen LogP contribution >= 0.6 is 0 Å². The first kappa shape index (κ1) is 23.5. The molecule has 2 N–H and O–H groups in total. The van der Waals surface area contributed by atoms with Gasteiger partial charge in [0, 0.05) is 6.42 Å². The van der Waals surface area contributed by atoms with Crippen LogP contribution in [-0.4, -0.2) is 23.1 Å². The minimum Gasteiger partial charge on any atom is -0.475 e. The van der Waals surface area contributed by atoms with E-state index < -0.39 is 12.1 Å². The first-order chi connectivity index (χ1) is 16.3. The largest absolute Gasteiger partial charge is 0.490 e. The van der Waals surface area contributed by atoms with Gasteiger partial charge in [-0.05, 0) is 41.0 Å². The number of carboxylic acid groups (broad SMARTS) is 1. The second-order valence-electron chi connectivity index (χ2n) is 8.51. The summed E-state index contributed by atoms with van der Waals surface area (Å²) in [5.74, 6) is -0.942. The number of alkyl halides is 3. The third-order valence-corrected chi connectivity index (χ3v) is 6.09. The molecule has 1 aliphatic heterocycles. The fourth-order valence-electron chi connectivity index (χ4n) is 4.56. The van der Waals surface area contributed by atoms with Crippen molar-refractivity contribution in [1.29, 1.82) is 0 Å². The number of rotatable bonds is 4. The fraction of sp³-hybridized carbons (Fsp3) is 0.259. The molecule has 0 aromatic heterocycles. The number of fused-ring (bicyclic) bond motifs is 1. The molecule has 2 atom stereocenters. The van der Waals surface area contributed by atoms with Gasteiger partial charge >= 0.3 is 12.1 Å². The minimum atomic E-state index is -5.08. The van der Waals surface area contributed by atoms with Crippen molar-refractivity contribution in [2.24, 2.45) is 10.9 Å². The number of hydrogen-bond donors (Lipinski definition) is 2. The van der Waals surface area contributed by atoms with Crippen LogP contribution in [-0.2, 0) is 17.6 Å². The number of aliphatic carboxylic acids is 1. The first-order valence-electron chi connectivity index (χ1n) is 11.1. The van der Waals surface area contributed by atoms with Gasteiger partial charge in [-0.15, -0.1) is 0 Å². The molecule has 0 amide bonds. The lowest BCUT2D eigenvalue weighted by Crippen LogP contribution is -2.26. The summed E-state index contributed by atoms with van der Waals surface area (Å²) in [7, 11) is 0. The zero-order valence-electron chi connectivity index (χ0n) is 18.4. The van der Waals surface area contributed by atoms with Crippen LogP contribution in [0, 0.1) is 5.92 Å². The van der Waals surface area contributed by atoms with Gasteiger partial charge in [-0.3, -0.25) is 4.99 Å². The molecule has 0 unspecified atom stereocenters. The molecule has 1 aliphatic carbocycles.